The zero-order chi connectivity index (χ0) is 14.8. The fraction of sp³-hybridized carbons (Fsp3) is 0.583. The summed E-state index contributed by atoms with van der Waals surface area (Å²) < 4.78 is 25.8. The largest absolute Gasteiger partial charge is 0.337 e. The molecular formula is C12H17ClN2O3S2. The summed E-state index contributed by atoms with van der Waals surface area (Å²) in [7, 11) is -3.18. The summed E-state index contributed by atoms with van der Waals surface area (Å²) in [5.74, 6) is 0.0271. The highest BCUT2D eigenvalue weighted by molar-refractivity contribution is 7.89. The maximum Gasteiger partial charge on any atom is 0.264 e. The van der Waals surface area contributed by atoms with Gasteiger partial charge in [-0.3, -0.25) is 4.79 Å². The molecular weight excluding hydrogens is 320 g/mol. The summed E-state index contributed by atoms with van der Waals surface area (Å²) in [5.41, 5.74) is 0. The minimum atomic E-state index is -3.18. The Hall–Kier alpha value is -0.630. The van der Waals surface area contributed by atoms with E-state index in [0.717, 1.165) is 0 Å². The third kappa shape index (κ3) is 3.52. The molecule has 0 spiro atoms. The smallest absolute Gasteiger partial charge is 0.264 e. The molecule has 0 N–H and O–H groups in total. The number of hydrogen-bond donors (Lipinski definition) is 0. The number of carbonyl (C=O) groups excluding carboxylic acids is 1. The van der Waals surface area contributed by atoms with Crippen LogP contribution in [0.2, 0.25) is 4.34 Å². The molecule has 0 aromatic carbocycles. The van der Waals surface area contributed by atoms with Gasteiger partial charge in [0.25, 0.3) is 5.91 Å². The van der Waals surface area contributed by atoms with Gasteiger partial charge in [0.1, 0.15) is 0 Å². The molecule has 8 heteroatoms. The summed E-state index contributed by atoms with van der Waals surface area (Å²) in [6.07, 6.45) is 0.657. The molecule has 1 fully saturated rings. The fourth-order valence-electron chi connectivity index (χ4n) is 2.14. The molecule has 5 nitrogen and oxygen atoms in total. The quantitative estimate of drug-likeness (QED) is 0.847. The zero-order valence-corrected chi connectivity index (χ0v) is 13.6. The minimum Gasteiger partial charge on any atom is -0.337 e. The topological polar surface area (TPSA) is 57.7 Å². The molecule has 1 aliphatic rings. The standard InChI is InChI=1S/C12H17ClN2O3S2/c1-2-20(17,18)15-7-3-6-14(8-9-15)12(16)10-4-5-11(13)19-10/h4-5H,2-3,6-9H2,1H3. The highest BCUT2D eigenvalue weighted by atomic mass is 35.5. The molecule has 0 radical (unpaired) electrons. The molecule has 0 bridgehead atoms. The molecule has 112 valence electrons. The van der Waals surface area contributed by atoms with Crippen LogP contribution in [-0.4, -0.2) is 55.5 Å². The van der Waals surface area contributed by atoms with Gasteiger partial charge in [-0.1, -0.05) is 11.6 Å². The number of amides is 1. The number of hydrogen-bond acceptors (Lipinski definition) is 4. The predicted molar refractivity (Wildman–Crippen MR) is 80.9 cm³/mol. The Balaban J connectivity index is 2.05. The number of sulfonamides is 1. The van der Waals surface area contributed by atoms with Gasteiger partial charge in [-0.05, 0) is 25.5 Å². The van der Waals surface area contributed by atoms with Gasteiger partial charge in [0.15, 0.2) is 0 Å². The van der Waals surface area contributed by atoms with Crippen molar-refractivity contribution < 1.29 is 13.2 Å². The molecule has 0 aliphatic carbocycles. The van der Waals surface area contributed by atoms with E-state index < -0.39 is 10.0 Å². The summed E-state index contributed by atoms with van der Waals surface area (Å²) >= 11 is 7.09. The average Bonchev–Trinajstić information content (AvgIpc) is 2.71. The van der Waals surface area contributed by atoms with E-state index >= 15 is 0 Å². The Kier molecular flexibility index (Phi) is 5.06. The van der Waals surface area contributed by atoms with Gasteiger partial charge in [-0.2, -0.15) is 0 Å². The summed E-state index contributed by atoms with van der Waals surface area (Å²) in [6, 6.07) is 3.41. The molecule has 1 amide bonds. The third-order valence-corrected chi connectivity index (χ3v) is 6.38. The van der Waals surface area contributed by atoms with Crippen LogP contribution in [0.1, 0.15) is 23.0 Å². The van der Waals surface area contributed by atoms with E-state index in [4.69, 9.17) is 11.6 Å². The van der Waals surface area contributed by atoms with Crippen LogP contribution >= 0.6 is 22.9 Å². The van der Waals surface area contributed by atoms with E-state index in [9.17, 15) is 13.2 Å². The van der Waals surface area contributed by atoms with Crippen LogP contribution in [0.5, 0.6) is 0 Å². The van der Waals surface area contributed by atoms with Crippen molar-refractivity contribution in [2.45, 2.75) is 13.3 Å². The first kappa shape index (κ1) is 15.8. The molecule has 0 atom stereocenters. The van der Waals surface area contributed by atoms with Gasteiger partial charge in [0.05, 0.1) is 15.0 Å². The lowest BCUT2D eigenvalue weighted by molar-refractivity contribution is 0.0769. The maximum absolute atomic E-state index is 12.3. The van der Waals surface area contributed by atoms with Crippen molar-refractivity contribution in [3.05, 3.63) is 21.3 Å². The lowest BCUT2D eigenvalue weighted by Crippen LogP contribution is -2.37. The zero-order valence-electron chi connectivity index (χ0n) is 11.2. The Morgan fingerprint density at radius 3 is 2.65 bits per heavy atom. The molecule has 2 rings (SSSR count). The second kappa shape index (κ2) is 6.43. The van der Waals surface area contributed by atoms with Crippen LogP contribution in [0.25, 0.3) is 0 Å². The summed E-state index contributed by atoms with van der Waals surface area (Å²) in [4.78, 5) is 14.6. The van der Waals surface area contributed by atoms with Crippen molar-refractivity contribution >= 4 is 38.9 Å². The van der Waals surface area contributed by atoms with Gasteiger partial charge in [-0.15, -0.1) is 11.3 Å². The van der Waals surface area contributed by atoms with Crippen molar-refractivity contribution in [3.63, 3.8) is 0 Å². The predicted octanol–water partition coefficient (Wildman–Crippen LogP) is 1.90. The third-order valence-electron chi connectivity index (χ3n) is 3.28. The minimum absolute atomic E-state index is 0.0716. The maximum atomic E-state index is 12.3. The van der Waals surface area contributed by atoms with Gasteiger partial charge < -0.3 is 4.90 Å². The van der Waals surface area contributed by atoms with E-state index in [0.29, 0.717) is 41.8 Å². The van der Waals surface area contributed by atoms with Gasteiger partial charge in [0, 0.05) is 26.2 Å². The number of thiophene rings is 1. The van der Waals surface area contributed by atoms with E-state index in [2.05, 4.69) is 0 Å². The van der Waals surface area contributed by atoms with E-state index in [-0.39, 0.29) is 11.7 Å². The Morgan fingerprint density at radius 2 is 2.05 bits per heavy atom. The Morgan fingerprint density at radius 1 is 1.30 bits per heavy atom. The first-order valence-electron chi connectivity index (χ1n) is 6.46. The lowest BCUT2D eigenvalue weighted by atomic mass is 10.3. The first-order chi connectivity index (χ1) is 9.44. The number of rotatable bonds is 3. The molecule has 2 heterocycles. The molecule has 20 heavy (non-hydrogen) atoms. The van der Waals surface area contributed by atoms with Crippen LogP contribution in [-0.2, 0) is 10.0 Å². The van der Waals surface area contributed by atoms with Crippen LogP contribution in [0, 0.1) is 0 Å². The second-order valence-electron chi connectivity index (χ2n) is 4.55. The second-order valence-corrected chi connectivity index (χ2v) is 8.52. The van der Waals surface area contributed by atoms with Gasteiger partial charge in [0.2, 0.25) is 10.0 Å². The summed E-state index contributed by atoms with van der Waals surface area (Å²) in [5, 5.41) is 0. The van der Waals surface area contributed by atoms with Crippen LogP contribution in [0.3, 0.4) is 0 Å². The number of carbonyl (C=O) groups is 1. The molecule has 0 saturated carbocycles. The Bertz CT molecular complexity index is 585. The number of nitrogens with zero attached hydrogens (tertiary/aromatic N) is 2. The molecule has 1 aromatic rings. The van der Waals surface area contributed by atoms with E-state index in [1.165, 1.54) is 15.6 Å². The Labute approximate surface area is 128 Å². The molecule has 1 saturated heterocycles. The van der Waals surface area contributed by atoms with Crippen LogP contribution < -0.4 is 0 Å². The lowest BCUT2D eigenvalue weighted by Gasteiger charge is -2.21. The van der Waals surface area contributed by atoms with Crippen molar-refractivity contribution in [2.24, 2.45) is 0 Å². The average molecular weight is 337 g/mol. The summed E-state index contributed by atoms with van der Waals surface area (Å²) in [6.45, 7) is 3.47. The molecule has 0 unspecified atom stereocenters. The highest BCUT2D eigenvalue weighted by Gasteiger charge is 2.26. The molecule has 1 aliphatic heterocycles. The molecule has 1 aromatic heterocycles. The highest BCUT2D eigenvalue weighted by Crippen LogP contribution is 2.23. The van der Waals surface area contributed by atoms with Crippen LogP contribution in [0.15, 0.2) is 12.1 Å². The first-order valence-corrected chi connectivity index (χ1v) is 9.27. The normalized spacial score (nSPS) is 18.0. The van der Waals surface area contributed by atoms with Gasteiger partial charge in [-0.25, -0.2) is 12.7 Å². The van der Waals surface area contributed by atoms with Crippen molar-refractivity contribution in [3.8, 4) is 0 Å². The monoisotopic (exact) mass is 336 g/mol. The van der Waals surface area contributed by atoms with E-state index in [1.54, 1.807) is 24.0 Å². The van der Waals surface area contributed by atoms with Crippen molar-refractivity contribution in [1.82, 2.24) is 9.21 Å². The van der Waals surface area contributed by atoms with Gasteiger partial charge >= 0.3 is 0 Å². The van der Waals surface area contributed by atoms with Crippen LogP contribution in [0.4, 0.5) is 0 Å². The van der Waals surface area contributed by atoms with E-state index in [1.807, 2.05) is 0 Å². The SMILES string of the molecule is CCS(=O)(=O)N1CCCN(C(=O)c2ccc(Cl)s2)CC1. The van der Waals surface area contributed by atoms with Crippen molar-refractivity contribution in [2.75, 3.05) is 31.9 Å². The van der Waals surface area contributed by atoms with Crippen molar-refractivity contribution in [1.29, 1.82) is 0 Å². The number of halogens is 1. The fourth-order valence-corrected chi connectivity index (χ4v) is 4.29.